The fraction of sp³-hybridized carbons (Fsp3) is 0.514. The van der Waals surface area contributed by atoms with Crippen LogP contribution in [-0.2, 0) is 86.9 Å². The summed E-state index contributed by atoms with van der Waals surface area (Å²) in [5.41, 5.74) is -9.45. The number of unbranched alkanes of at least 4 members (excludes halogenated alkanes) is 18. The van der Waals surface area contributed by atoms with Gasteiger partial charge in [0.05, 0.1) is 91.1 Å². The second-order valence-electron chi connectivity index (χ2n) is 24.6. The van der Waals surface area contributed by atoms with Gasteiger partial charge in [0.1, 0.15) is 52.6 Å². The summed E-state index contributed by atoms with van der Waals surface area (Å²) in [5.74, 6) is -3.99. The topological polar surface area (TPSA) is 358 Å². The van der Waals surface area contributed by atoms with Crippen LogP contribution in [0.4, 0.5) is 0 Å². The van der Waals surface area contributed by atoms with E-state index in [1.54, 1.807) is 0 Å². The van der Waals surface area contributed by atoms with Gasteiger partial charge >= 0.3 is 23.9 Å². The number of benzene rings is 3. The first-order chi connectivity index (χ1) is 47.3. The molecule has 0 aliphatic carbocycles. The maximum Gasteiger partial charge on any atom is 0.326 e. The second-order valence-corrected chi connectivity index (χ2v) is 24.6. The lowest BCUT2D eigenvalue weighted by Crippen LogP contribution is -2.31. The first-order valence-electron chi connectivity index (χ1n) is 33.8. The minimum Gasteiger partial charge on any atom is -0.462 e. The average molecular weight is 1360 g/mol. The molecule has 0 unspecified atom stereocenters. The highest BCUT2D eigenvalue weighted by Crippen LogP contribution is 2.19. The maximum atomic E-state index is 13.3. The molecule has 0 atom stereocenters. The van der Waals surface area contributed by atoms with Gasteiger partial charge in [0.25, 0.3) is 66.7 Å². The van der Waals surface area contributed by atoms with Crippen molar-refractivity contribution >= 4 is 88.5 Å². The molecule has 0 amide bonds. The number of carbonyl (C=O) groups excluding carboxylic acids is 4. The summed E-state index contributed by atoms with van der Waals surface area (Å²) >= 11 is 0. The zero-order valence-electron chi connectivity index (χ0n) is 55.2. The van der Waals surface area contributed by atoms with Gasteiger partial charge in [-0.25, -0.2) is 0 Å². The van der Waals surface area contributed by atoms with Crippen LogP contribution in [-0.4, -0.2) is 104 Å². The van der Waals surface area contributed by atoms with Crippen molar-refractivity contribution < 1.29 is 47.6 Å². The Morgan fingerprint density at radius 1 is 0.235 bits per heavy atom. The Labute approximate surface area is 556 Å². The second kappa shape index (κ2) is 34.0. The van der Waals surface area contributed by atoms with Crippen molar-refractivity contribution in [3.8, 4) is 0 Å². The van der Waals surface area contributed by atoms with E-state index in [0.29, 0.717) is 31.1 Å². The number of hydrogen-bond donors (Lipinski definition) is 0. The van der Waals surface area contributed by atoms with Gasteiger partial charge in [0.15, 0.2) is 0 Å². The molecule has 98 heavy (non-hydrogen) atoms. The third-order valence-corrected chi connectivity index (χ3v) is 17.8. The molecule has 0 bridgehead atoms. The Balaban J connectivity index is 0.658. The molecule has 28 heteroatoms. The van der Waals surface area contributed by atoms with Crippen molar-refractivity contribution in [1.82, 2.24) is 27.4 Å². The molecule has 0 aliphatic heterocycles. The zero-order valence-corrected chi connectivity index (χ0v) is 55.2. The van der Waals surface area contributed by atoms with Crippen LogP contribution in [0.1, 0.15) is 142 Å². The zero-order chi connectivity index (χ0) is 70.2. The van der Waals surface area contributed by atoms with Gasteiger partial charge in [-0.1, -0.05) is 129 Å². The van der Waals surface area contributed by atoms with Gasteiger partial charge < -0.3 is 28.4 Å². The van der Waals surface area contributed by atoms with Gasteiger partial charge in [0.2, 0.25) is 0 Å². The van der Waals surface area contributed by atoms with Gasteiger partial charge in [0, 0.05) is 13.1 Å². The molecule has 0 saturated heterocycles. The Morgan fingerprint density at radius 3 is 0.582 bits per heavy atom. The highest BCUT2D eigenvalue weighted by Gasteiger charge is 2.26. The van der Waals surface area contributed by atoms with Crippen molar-refractivity contribution in [2.75, 3.05) is 52.9 Å². The van der Waals surface area contributed by atoms with Crippen LogP contribution in [0.2, 0.25) is 0 Å². The number of esters is 4. The summed E-state index contributed by atoms with van der Waals surface area (Å²) in [6, 6.07) is 6.90. The van der Waals surface area contributed by atoms with Gasteiger partial charge in [-0.15, -0.1) is 0 Å². The highest BCUT2D eigenvalue weighted by molar-refractivity contribution is 6.00. The van der Waals surface area contributed by atoms with Crippen LogP contribution < -0.4 is 66.7 Å². The summed E-state index contributed by atoms with van der Waals surface area (Å²) in [5, 5.41) is -1.59. The third kappa shape index (κ3) is 16.6. The smallest absolute Gasteiger partial charge is 0.326 e. The van der Waals surface area contributed by atoms with Crippen LogP contribution in [0.5, 0.6) is 0 Å². The number of carbonyl (C=O) groups is 4. The van der Waals surface area contributed by atoms with E-state index in [-0.39, 0.29) is 131 Å². The van der Waals surface area contributed by atoms with E-state index in [4.69, 9.17) is 28.4 Å². The molecule has 0 radical (unpaired) electrons. The van der Waals surface area contributed by atoms with Crippen LogP contribution in [0, 0.1) is 0 Å². The summed E-state index contributed by atoms with van der Waals surface area (Å²) in [7, 11) is 0. The number of hydrogen-bond acceptors (Lipinski definition) is 22. The average Bonchev–Trinajstić information content (AvgIpc) is 1.60. The molecule has 9 rings (SSSR count). The van der Waals surface area contributed by atoms with Crippen molar-refractivity contribution in [3.63, 3.8) is 0 Å². The Kier molecular flexibility index (Phi) is 25.2. The lowest BCUT2D eigenvalue weighted by Gasteiger charge is -2.07. The van der Waals surface area contributed by atoms with E-state index in [1.807, 2.05) is 0 Å². The predicted molar refractivity (Wildman–Crippen MR) is 364 cm³/mol. The normalized spacial score (nSPS) is 11.9. The molecule has 6 heterocycles. The van der Waals surface area contributed by atoms with Crippen molar-refractivity contribution in [3.05, 3.63) is 161 Å². The SMILES string of the molecule is CCCCCCCCCCCCn1c(=O)c2cc3c(=O)n(CC(=O)OCCOCCOC(=O)Cn4c(=O)c5cc6c(=O)n(CC(=O)OCCOCCOC(=O)Cn7c(=O)c8cc9c(=O)n(CCCCCCCCCCCC)c(=O)c9cc8c7=O)c(=O)c6cc5c4=O)c(=O)c3cc2c1=O. The van der Waals surface area contributed by atoms with Crippen molar-refractivity contribution in [2.24, 2.45) is 0 Å². The Morgan fingerprint density at radius 2 is 0.398 bits per heavy atom. The standard InChI is InChI=1S/C70H80N6O22/c1-3-5-7-9-11-13-15-17-19-21-23-71-59(81)43-33-47-48(34-44(43)60(71)82)64(86)73(63(47)85)39-55(77)95-29-25-93-27-31-97-57(79)41-75-67(89)51-37-53-54(38-52(51)68(75)90)70(92)76(69(53)91)42-58(80)98-32-28-94-26-30-96-56(78)40-74-65(87)49-35-45-46(36-50(49)66(74)88)62(84)72(61(45)83)24-22-20-18-16-14-12-10-8-6-4-2/h33-38H,3-32,39-42H2,1-2H3. The number of aromatic nitrogens is 6. The molecule has 0 spiro atoms. The molecule has 6 aromatic heterocycles. The van der Waals surface area contributed by atoms with E-state index in [1.165, 1.54) is 88.5 Å². The molecule has 3 aromatic carbocycles. The first-order valence-corrected chi connectivity index (χ1v) is 33.8. The lowest BCUT2D eigenvalue weighted by atomic mass is 10.1. The number of fused-ring (bicyclic) bond motifs is 6. The van der Waals surface area contributed by atoms with E-state index < -0.39 is 117 Å². The molecular weight excluding hydrogens is 1280 g/mol. The quantitative estimate of drug-likeness (QED) is 0.0298. The fourth-order valence-electron chi connectivity index (χ4n) is 12.5. The monoisotopic (exact) mass is 1360 g/mol. The molecule has 522 valence electrons. The molecule has 0 fully saturated rings. The number of rotatable bonds is 42. The first kappa shape index (κ1) is 72.6. The van der Waals surface area contributed by atoms with Gasteiger partial charge in [-0.3, -0.25) is 104 Å². The fourth-order valence-corrected chi connectivity index (χ4v) is 12.5. The van der Waals surface area contributed by atoms with Crippen LogP contribution in [0.25, 0.3) is 64.6 Å². The minimum atomic E-state index is -1.03. The molecule has 0 aliphatic rings. The number of nitrogens with zero attached hydrogens (tertiary/aromatic N) is 6. The summed E-state index contributed by atoms with van der Waals surface area (Å²) in [6.07, 6.45) is 21.6. The molecule has 28 nitrogen and oxygen atoms in total. The molecule has 0 saturated carbocycles. The van der Waals surface area contributed by atoms with E-state index >= 15 is 0 Å². The Bertz CT molecular complexity index is 4540. The molecular formula is C70H80N6O22. The summed E-state index contributed by atoms with van der Waals surface area (Å²) in [6.45, 7) is -0.782. The summed E-state index contributed by atoms with van der Waals surface area (Å²) < 4.78 is 35.8. The van der Waals surface area contributed by atoms with Gasteiger partial charge in [-0.05, 0) is 49.2 Å². The predicted octanol–water partition coefficient (Wildman–Crippen LogP) is 3.81. The van der Waals surface area contributed by atoms with E-state index in [9.17, 15) is 76.7 Å². The lowest BCUT2D eigenvalue weighted by molar-refractivity contribution is -0.149. The molecule has 9 aromatic rings. The van der Waals surface area contributed by atoms with Crippen molar-refractivity contribution in [2.45, 2.75) is 182 Å². The van der Waals surface area contributed by atoms with Crippen molar-refractivity contribution in [1.29, 1.82) is 0 Å². The van der Waals surface area contributed by atoms with E-state index in [0.717, 1.165) is 72.6 Å². The summed E-state index contributed by atoms with van der Waals surface area (Å²) in [4.78, 5) is 210. The minimum absolute atomic E-state index is 0.0112. The Hall–Kier alpha value is -9.70. The van der Waals surface area contributed by atoms with Crippen LogP contribution >= 0.6 is 0 Å². The van der Waals surface area contributed by atoms with Crippen LogP contribution in [0.3, 0.4) is 0 Å². The highest BCUT2D eigenvalue weighted by atomic mass is 16.6. The van der Waals surface area contributed by atoms with Gasteiger partial charge in [-0.2, -0.15) is 0 Å². The molecule has 0 N–H and O–H groups in total. The maximum absolute atomic E-state index is 13.3. The van der Waals surface area contributed by atoms with E-state index in [2.05, 4.69) is 13.8 Å². The van der Waals surface area contributed by atoms with Crippen LogP contribution in [0.15, 0.2) is 93.9 Å². The third-order valence-electron chi connectivity index (χ3n) is 17.8. The largest absolute Gasteiger partial charge is 0.462 e. The number of ether oxygens (including phenoxy) is 6.